The zero-order valence-corrected chi connectivity index (χ0v) is 14.6. The van der Waals surface area contributed by atoms with Crippen molar-refractivity contribution in [2.24, 2.45) is 0 Å². The van der Waals surface area contributed by atoms with Crippen molar-refractivity contribution in [3.05, 3.63) is 35.9 Å². The van der Waals surface area contributed by atoms with Crippen LogP contribution in [0, 0.1) is 0 Å². The summed E-state index contributed by atoms with van der Waals surface area (Å²) in [4.78, 5) is 14.0. The highest BCUT2D eigenvalue weighted by molar-refractivity contribution is 5.67. The van der Waals surface area contributed by atoms with Gasteiger partial charge in [0.25, 0.3) is 0 Å². The predicted molar refractivity (Wildman–Crippen MR) is 92.3 cm³/mol. The molecule has 128 valence electrons. The Morgan fingerprint density at radius 1 is 1.22 bits per heavy atom. The molecule has 0 unspecified atom stereocenters. The highest BCUT2D eigenvalue weighted by Gasteiger charge is 2.32. The first-order valence-electron chi connectivity index (χ1n) is 8.25. The molecule has 23 heavy (non-hydrogen) atoms. The Hall–Kier alpha value is -1.59. The van der Waals surface area contributed by atoms with Crippen LogP contribution in [-0.4, -0.2) is 49.3 Å². The minimum atomic E-state index is -0.328. The number of carbonyl (C=O) groups excluding carboxylic acids is 1. The number of amides is 1. The highest BCUT2D eigenvalue weighted by atomic mass is 16.5. The quantitative estimate of drug-likeness (QED) is 0.810. The van der Waals surface area contributed by atoms with E-state index in [0.29, 0.717) is 12.6 Å². The topological polar surface area (TPSA) is 53.6 Å². The van der Waals surface area contributed by atoms with Gasteiger partial charge in [0.1, 0.15) is 6.61 Å². The Labute approximate surface area is 139 Å². The number of benzene rings is 1. The molecule has 1 aromatic carbocycles. The largest absolute Gasteiger partial charge is 0.445 e. The van der Waals surface area contributed by atoms with Gasteiger partial charge in [-0.25, -0.2) is 4.79 Å². The van der Waals surface area contributed by atoms with E-state index in [1.807, 2.05) is 30.3 Å². The van der Waals surface area contributed by atoms with Crippen LogP contribution >= 0.6 is 0 Å². The predicted octanol–water partition coefficient (Wildman–Crippen LogP) is 2.37. The molecule has 0 aromatic heterocycles. The number of ether oxygens (including phenoxy) is 1. The summed E-state index contributed by atoms with van der Waals surface area (Å²) in [5.74, 6) is 0. The average molecular weight is 319 g/mol. The molecule has 1 aromatic rings. The number of carbonyl (C=O) groups is 1. The van der Waals surface area contributed by atoms with Crippen molar-refractivity contribution in [3.63, 3.8) is 0 Å². The average Bonchev–Trinajstić information content (AvgIpc) is 2.48. The first-order chi connectivity index (χ1) is 10.9. The number of likely N-dealkylation sites (N-methyl/N-ethyl adjacent to an activating group) is 1. The van der Waals surface area contributed by atoms with Gasteiger partial charge in [0.05, 0.1) is 0 Å². The van der Waals surface area contributed by atoms with E-state index < -0.39 is 0 Å². The molecule has 5 nitrogen and oxygen atoms in total. The molecule has 0 atom stereocenters. The standard InChI is InChI=1S/C18H29N3O2/c1-18(2,21(3)4)13-19-15-10-16(11-15)20-17(22)23-12-14-8-6-5-7-9-14/h5-9,15-16,19H,10-13H2,1-4H3,(H,20,22). The van der Waals surface area contributed by atoms with Crippen LogP contribution in [0.25, 0.3) is 0 Å². The molecule has 0 radical (unpaired) electrons. The molecule has 1 amide bonds. The second-order valence-corrected chi connectivity index (χ2v) is 7.16. The van der Waals surface area contributed by atoms with Crippen LogP contribution in [0.3, 0.4) is 0 Å². The molecule has 0 aliphatic heterocycles. The lowest BCUT2D eigenvalue weighted by Crippen LogP contribution is -2.56. The van der Waals surface area contributed by atoms with E-state index in [1.54, 1.807) is 0 Å². The molecule has 0 bridgehead atoms. The molecule has 1 aliphatic rings. The molecule has 1 fully saturated rings. The number of nitrogens with zero attached hydrogens (tertiary/aromatic N) is 1. The third kappa shape index (κ3) is 5.52. The second kappa shape index (κ2) is 7.79. The van der Waals surface area contributed by atoms with Gasteiger partial charge in [0, 0.05) is 24.2 Å². The van der Waals surface area contributed by atoms with Crippen molar-refractivity contribution < 1.29 is 9.53 Å². The van der Waals surface area contributed by atoms with Crippen molar-refractivity contribution in [2.75, 3.05) is 20.6 Å². The number of nitrogens with one attached hydrogen (secondary N) is 2. The van der Waals surface area contributed by atoms with Gasteiger partial charge in [-0.05, 0) is 46.3 Å². The third-order valence-electron chi connectivity index (χ3n) is 4.71. The molecular weight excluding hydrogens is 290 g/mol. The summed E-state index contributed by atoms with van der Waals surface area (Å²) >= 11 is 0. The minimum Gasteiger partial charge on any atom is -0.445 e. The van der Waals surface area contributed by atoms with Gasteiger partial charge < -0.3 is 20.3 Å². The van der Waals surface area contributed by atoms with E-state index in [4.69, 9.17) is 4.74 Å². The van der Waals surface area contributed by atoms with Crippen molar-refractivity contribution in [2.45, 2.75) is 50.9 Å². The summed E-state index contributed by atoms with van der Waals surface area (Å²) in [5.41, 5.74) is 1.13. The van der Waals surface area contributed by atoms with E-state index in [9.17, 15) is 4.79 Å². The Bertz CT molecular complexity index is 496. The van der Waals surface area contributed by atoms with Gasteiger partial charge in [-0.2, -0.15) is 0 Å². The first kappa shape index (κ1) is 17.8. The molecule has 0 spiro atoms. The van der Waals surface area contributed by atoms with Gasteiger partial charge in [0.2, 0.25) is 0 Å². The van der Waals surface area contributed by atoms with Crippen molar-refractivity contribution in [3.8, 4) is 0 Å². The number of alkyl carbamates (subject to hydrolysis) is 1. The first-order valence-corrected chi connectivity index (χ1v) is 8.25. The summed E-state index contributed by atoms with van der Waals surface area (Å²) in [5, 5.41) is 6.49. The zero-order valence-electron chi connectivity index (χ0n) is 14.6. The second-order valence-electron chi connectivity index (χ2n) is 7.16. The van der Waals surface area contributed by atoms with E-state index in [2.05, 4.69) is 43.5 Å². The molecular formula is C18H29N3O2. The Balaban J connectivity index is 1.59. The summed E-state index contributed by atoms with van der Waals surface area (Å²) in [6, 6.07) is 10.4. The van der Waals surface area contributed by atoms with Gasteiger partial charge in [-0.1, -0.05) is 30.3 Å². The normalized spacial score (nSPS) is 20.9. The fourth-order valence-corrected chi connectivity index (χ4v) is 2.39. The van der Waals surface area contributed by atoms with Crippen LogP contribution in [0.1, 0.15) is 32.3 Å². The SMILES string of the molecule is CN(C)C(C)(C)CNC1CC(NC(=O)OCc2ccccc2)C1. The van der Waals surface area contributed by atoms with Gasteiger partial charge in [-0.15, -0.1) is 0 Å². The molecule has 1 aliphatic carbocycles. The molecule has 5 heteroatoms. The smallest absolute Gasteiger partial charge is 0.407 e. The molecule has 0 heterocycles. The lowest BCUT2D eigenvalue weighted by Gasteiger charge is -2.40. The Morgan fingerprint density at radius 2 is 1.87 bits per heavy atom. The van der Waals surface area contributed by atoms with Crippen LogP contribution < -0.4 is 10.6 Å². The van der Waals surface area contributed by atoms with Crippen molar-refractivity contribution in [1.29, 1.82) is 0 Å². The fourth-order valence-electron chi connectivity index (χ4n) is 2.39. The molecule has 1 saturated carbocycles. The maximum atomic E-state index is 11.8. The Kier molecular flexibility index (Phi) is 6.02. The van der Waals surface area contributed by atoms with Crippen molar-refractivity contribution >= 4 is 6.09 Å². The van der Waals surface area contributed by atoms with E-state index in [-0.39, 0.29) is 17.7 Å². The van der Waals surface area contributed by atoms with E-state index >= 15 is 0 Å². The van der Waals surface area contributed by atoms with Crippen molar-refractivity contribution in [1.82, 2.24) is 15.5 Å². The lowest BCUT2D eigenvalue weighted by atomic mass is 9.86. The minimum absolute atomic E-state index is 0.132. The summed E-state index contributed by atoms with van der Waals surface area (Å²) in [6.45, 7) is 5.69. The summed E-state index contributed by atoms with van der Waals surface area (Å²) in [6.07, 6.45) is 1.60. The van der Waals surface area contributed by atoms with Crippen LogP contribution in [0.4, 0.5) is 4.79 Å². The zero-order chi connectivity index (χ0) is 16.9. The Morgan fingerprint density at radius 3 is 2.48 bits per heavy atom. The summed E-state index contributed by atoms with van der Waals surface area (Å²) in [7, 11) is 4.19. The van der Waals surface area contributed by atoms with Crippen LogP contribution in [0.15, 0.2) is 30.3 Å². The lowest BCUT2D eigenvalue weighted by molar-refractivity contribution is 0.121. The van der Waals surface area contributed by atoms with Gasteiger partial charge in [0.15, 0.2) is 0 Å². The van der Waals surface area contributed by atoms with Gasteiger partial charge >= 0.3 is 6.09 Å². The molecule has 0 saturated heterocycles. The fraction of sp³-hybridized carbons (Fsp3) is 0.611. The van der Waals surface area contributed by atoms with Crippen LogP contribution in [0.2, 0.25) is 0 Å². The van der Waals surface area contributed by atoms with E-state index in [1.165, 1.54) is 0 Å². The van der Waals surface area contributed by atoms with Crippen LogP contribution in [-0.2, 0) is 11.3 Å². The number of hydrogen-bond acceptors (Lipinski definition) is 4. The van der Waals surface area contributed by atoms with Crippen LogP contribution in [0.5, 0.6) is 0 Å². The van der Waals surface area contributed by atoms with Gasteiger partial charge in [-0.3, -0.25) is 0 Å². The maximum Gasteiger partial charge on any atom is 0.407 e. The highest BCUT2D eigenvalue weighted by Crippen LogP contribution is 2.21. The number of hydrogen-bond donors (Lipinski definition) is 2. The van der Waals surface area contributed by atoms with E-state index in [0.717, 1.165) is 24.9 Å². The molecule has 2 N–H and O–H groups in total. The maximum absolute atomic E-state index is 11.8. The molecule has 2 rings (SSSR count). The number of rotatable bonds is 7. The monoisotopic (exact) mass is 319 g/mol. The third-order valence-corrected chi connectivity index (χ3v) is 4.71. The summed E-state index contributed by atoms with van der Waals surface area (Å²) < 4.78 is 5.24.